The molecule has 0 unspecified atom stereocenters. The Hall–Kier alpha value is -3.02. The van der Waals surface area contributed by atoms with E-state index in [0.717, 1.165) is 48.1 Å². The SMILES string of the molecule is COc1ccccc1C(=O)NCCCCCc1nc2ccccc2n1Cc1ccc(Cl)c(Cl)c1. The Kier molecular flexibility index (Phi) is 8.09. The fraction of sp³-hybridized carbons (Fsp3) is 0.259. The maximum absolute atomic E-state index is 12.4. The van der Waals surface area contributed by atoms with Gasteiger partial charge in [0.1, 0.15) is 11.6 Å². The number of unbranched alkanes of at least 4 members (excludes halogenated alkanes) is 2. The summed E-state index contributed by atoms with van der Waals surface area (Å²) in [5.74, 6) is 1.52. The zero-order valence-electron chi connectivity index (χ0n) is 19.1. The van der Waals surface area contributed by atoms with Crippen molar-refractivity contribution in [3.63, 3.8) is 0 Å². The fourth-order valence-electron chi connectivity index (χ4n) is 4.03. The number of amides is 1. The maximum Gasteiger partial charge on any atom is 0.255 e. The van der Waals surface area contributed by atoms with Crippen molar-refractivity contribution in [3.8, 4) is 5.75 Å². The monoisotopic (exact) mass is 495 g/mol. The molecule has 176 valence electrons. The number of ether oxygens (including phenoxy) is 1. The highest BCUT2D eigenvalue weighted by Gasteiger charge is 2.13. The average molecular weight is 496 g/mol. The number of imidazole rings is 1. The van der Waals surface area contributed by atoms with Gasteiger partial charge in [0, 0.05) is 19.5 Å². The minimum absolute atomic E-state index is 0.110. The summed E-state index contributed by atoms with van der Waals surface area (Å²) in [5, 5.41) is 4.10. The van der Waals surface area contributed by atoms with Crippen LogP contribution < -0.4 is 10.1 Å². The van der Waals surface area contributed by atoms with E-state index in [9.17, 15) is 4.79 Å². The Labute approximate surface area is 209 Å². The van der Waals surface area contributed by atoms with Gasteiger partial charge in [-0.15, -0.1) is 0 Å². The third kappa shape index (κ3) is 5.72. The van der Waals surface area contributed by atoms with E-state index in [1.165, 1.54) is 0 Å². The van der Waals surface area contributed by atoms with Crippen molar-refractivity contribution in [2.75, 3.05) is 13.7 Å². The Balaban J connectivity index is 1.34. The number of carbonyl (C=O) groups excluding carboxylic acids is 1. The van der Waals surface area contributed by atoms with Gasteiger partial charge in [0.25, 0.3) is 5.91 Å². The van der Waals surface area contributed by atoms with E-state index in [1.54, 1.807) is 19.2 Å². The van der Waals surface area contributed by atoms with Gasteiger partial charge in [0.2, 0.25) is 0 Å². The first kappa shape index (κ1) is 24.1. The first-order valence-electron chi connectivity index (χ1n) is 11.4. The lowest BCUT2D eigenvalue weighted by Crippen LogP contribution is -2.24. The lowest BCUT2D eigenvalue weighted by molar-refractivity contribution is 0.0950. The number of para-hydroxylation sites is 3. The largest absolute Gasteiger partial charge is 0.496 e. The minimum Gasteiger partial charge on any atom is -0.496 e. The van der Waals surface area contributed by atoms with Crippen LogP contribution in [0.15, 0.2) is 66.7 Å². The molecule has 0 saturated heterocycles. The summed E-state index contributed by atoms with van der Waals surface area (Å²) < 4.78 is 7.52. The molecule has 1 N–H and O–H groups in total. The van der Waals surface area contributed by atoms with Crippen molar-refractivity contribution in [1.29, 1.82) is 0 Å². The summed E-state index contributed by atoms with van der Waals surface area (Å²) >= 11 is 12.3. The first-order chi connectivity index (χ1) is 16.6. The van der Waals surface area contributed by atoms with Crippen molar-refractivity contribution < 1.29 is 9.53 Å². The van der Waals surface area contributed by atoms with E-state index in [0.29, 0.717) is 34.4 Å². The minimum atomic E-state index is -0.110. The van der Waals surface area contributed by atoms with Gasteiger partial charge in [-0.1, -0.05) is 60.0 Å². The Morgan fingerprint density at radius 1 is 0.971 bits per heavy atom. The van der Waals surface area contributed by atoms with E-state index in [2.05, 4.69) is 16.0 Å². The molecule has 0 fully saturated rings. The van der Waals surface area contributed by atoms with E-state index in [4.69, 9.17) is 32.9 Å². The molecule has 0 aliphatic carbocycles. The van der Waals surface area contributed by atoms with Gasteiger partial charge in [-0.2, -0.15) is 0 Å². The number of nitrogens with one attached hydrogen (secondary N) is 1. The van der Waals surface area contributed by atoms with Crippen LogP contribution in [0.4, 0.5) is 0 Å². The van der Waals surface area contributed by atoms with Gasteiger partial charge < -0.3 is 14.6 Å². The van der Waals surface area contributed by atoms with E-state index in [-0.39, 0.29) is 5.91 Å². The molecule has 1 amide bonds. The Morgan fingerprint density at radius 3 is 2.59 bits per heavy atom. The Morgan fingerprint density at radius 2 is 1.76 bits per heavy atom. The number of methoxy groups -OCH3 is 1. The van der Waals surface area contributed by atoms with Crippen LogP contribution in [0.1, 0.15) is 41.0 Å². The normalized spacial score (nSPS) is 11.0. The molecular formula is C27H27Cl2N3O2. The quantitative estimate of drug-likeness (QED) is 0.254. The summed E-state index contributed by atoms with van der Waals surface area (Å²) in [5.41, 5.74) is 3.73. The molecule has 34 heavy (non-hydrogen) atoms. The zero-order valence-corrected chi connectivity index (χ0v) is 20.6. The highest BCUT2D eigenvalue weighted by Crippen LogP contribution is 2.25. The van der Waals surface area contributed by atoms with Crippen LogP contribution in [0, 0.1) is 0 Å². The highest BCUT2D eigenvalue weighted by atomic mass is 35.5. The number of nitrogens with zero attached hydrogens (tertiary/aromatic N) is 2. The number of hydrogen-bond donors (Lipinski definition) is 1. The maximum atomic E-state index is 12.4. The van der Waals surface area contributed by atoms with Gasteiger partial charge in [-0.05, 0) is 54.8 Å². The highest BCUT2D eigenvalue weighted by molar-refractivity contribution is 6.42. The molecule has 0 saturated carbocycles. The van der Waals surface area contributed by atoms with Crippen molar-refractivity contribution >= 4 is 40.1 Å². The standard InChI is InChI=1S/C27H27Cl2N3O2/c1-34-25-12-7-4-9-20(25)27(33)30-16-8-2-3-13-26-31-23-10-5-6-11-24(23)32(26)18-19-14-15-21(28)22(29)17-19/h4-7,9-12,14-15,17H,2-3,8,13,16,18H2,1H3,(H,30,33). The van der Waals surface area contributed by atoms with Crippen LogP contribution in [0.5, 0.6) is 5.75 Å². The number of carbonyl (C=O) groups is 1. The summed E-state index contributed by atoms with van der Waals surface area (Å²) in [6.07, 6.45) is 3.72. The molecular weight excluding hydrogens is 469 g/mol. The smallest absolute Gasteiger partial charge is 0.255 e. The summed E-state index contributed by atoms with van der Waals surface area (Å²) in [6, 6.07) is 21.2. The zero-order chi connectivity index (χ0) is 23.9. The van der Waals surface area contributed by atoms with E-state index in [1.807, 2.05) is 48.5 Å². The van der Waals surface area contributed by atoms with Crippen molar-refractivity contribution in [2.24, 2.45) is 0 Å². The molecule has 0 bridgehead atoms. The van der Waals surface area contributed by atoms with Crippen molar-refractivity contribution in [3.05, 3.63) is 93.7 Å². The van der Waals surface area contributed by atoms with Crippen LogP contribution in [0.3, 0.4) is 0 Å². The molecule has 0 aliphatic heterocycles. The second-order valence-electron chi connectivity index (χ2n) is 8.12. The number of aromatic nitrogens is 2. The van der Waals surface area contributed by atoms with Crippen LogP contribution in [-0.2, 0) is 13.0 Å². The summed E-state index contributed by atoms with van der Waals surface area (Å²) in [7, 11) is 1.57. The molecule has 4 rings (SSSR count). The Bertz CT molecular complexity index is 1290. The third-order valence-corrected chi connectivity index (χ3v) is 6.51. The van der Waals surface area contributed by atoms with Crippen LogP contribution >= 0.6 is 23.2 Å². The van der Waals surface area contributed by atoms with Crippen molar-refractivity contribution in [1.82, 2.24) is 14.9 Å². The first-order valence-corrected chi connectivity index (χ1v) is 12.1. The van der Waals surface area contributed by atoms with Crippen LogP contribution in [-0.4, -0.2) is 29.1 Å². The van der Waals surface area contributed by atoms with Crippen LogP contribution in [0.25, 0.3) is 11.0 Å². The summed E-state index contributed by atoms with van der Waals surface area (Å²) in [4.78, 5) is 17.3. The molecule has 0 atom stereocenters. The molecule has 3 aromatic carbocycles. The summed E-state index contributed by atoms with van der Waals surface area (Å²) in [6.45, 7) is 1.30. The predicted octanol–water partition coefficient (Wildman–Crippen LogP) is 6.54. The third-order valence-electron chi connectivity index (χ3n) is 5.77. The number of hydrogen-bond acceptors (Lipinski definition) is 3. The number of benzene rings is 3. The molecule has 1 aromatic heterocycles. The number of rotatable bonds is 10. The lowest BCUT2D eigenvalue weighted by atomic mass is 10.1. The molecule has 4 aromatic rings. The van der Waals surface area contributed by atoms with E-state index >= 15 is 0 Å². The van der Waals surface area contributed by atoms with Crippen LogP contribution in [0.2, 0.25) is 10.0 Å². The van der Waals surface area contributed by atoms with Crippen molar-refractivity contribution in [2.45, 2.75) is 32.2 Å². The second kappa shape index (κ2) is 11.4. The van der Waals surface area contributed by atoms with Gasteiger partial charge >= 0.3 is 0 Å². The van der Waals surface area contributed by atoms with Gasteiger partial charge in [-0.3, -0.25) is 4.79 Å². The number of aryl methyl sites for hydroxylation is 1. The molecule has 0 spiro atoms. The average Bonchev–Trinajstić information content (AvgIpc) is 3.20. The lowest BCUT2D eigenvalue weighted by Gasteiger charge is -2.11. The van der Waals surface area contributed by atoms with Gasteiger partial charge in [0.15, 0.2) is 0 Å². The number of halogens is 2. The number of fused-ring (bicyclic) bond motifs is 1. The molecule has 5 nitrogen and oxygen atoms in total. The van der Waals surface area contributed by atoms with E-state index < -0.39 is 0 Å². The molecule has 1 heterocycles. The predicted molar refractivity (Wildman–Crippen MR) is 138 cm³/mol. The topological polar surface area (TPSA) is 56.1 Å². The fourth-order valence-corrected chi connectivity index (χ4v) is 4.35. The molecule has 0 aliphatic rings. The van der Waals surface area contributed by atoms with Gasteiger partial charge in [-0.25, -0.2) is 4.98 Å². The second-order valence-corrected chi connectivity index (χ2v) is 8.93. The van der Waals surface area contributed by atoms with Gasteiger partial charge in [0.05, 0.1) is 33.8 Å². The molecule has 7 heteroatoms. The molecule has 0 radical (unpaired) electrons.